The molecule has 0 bridgehead atoms. The summed E-state index contributed by atoms with van der Waals surface area (Å²) in [5.74, 6) is -0.490. The van der Waals surface area contributed by atoms with Gasteiger partial charge in [-0.3, -0.25) is 4.98 Å². The highest BCUT2D eigenvalue weighted by atomic mass is 32.2. The van der Waals surface area contributed by atoms with Gasteiger partial charge in [0.15, 0.2) is 0 Å². The molecule has 1 N–H and O–H groups in total. The normalized spacial score (nSPS) is 11.8. The van der Waals surface area contributed by atoms with E-state index in [1.807, 2.05) is 0 Å². The van der Waals surface area contributed by atoms with Crippen LogP contribution in [0, 0.1) is 5.82 Å². The van der Waals surface area contributed by atoms with E-state index in [1.54, 1.807) is 42.6 Å². The van der Waals surface area contributed by atoms with Gasteiger partial charge in [-0.25, -0.2) is 22.3 Å². The molecule has 0 aliphatic rings. The zero-order valence-electron chi connectivity index (χ0n) is 17.3. The Morgan fingerprint density at radius 1 is 1.09 bits per heavy atom. The van der Waals surface area contributed by atoms with Gasteiger partial charge in [0, 0.05) is 23.2 Å². The molecule has 0 radical (unpaired) electrons. The Labute approximate surface area is 189 Å². The number of sulfonamides is 1. The Morgan fingerprint density at radius 3 is 2.67 bits per heavy atom. The van der Waals surface area contributed by atoms with Gasteiger partial charge in [-0.05, 0) is 54.1 Å². The van der Waals surface area contributed by atoms with Crippen LogP contribution in [0.2, 0.25) is 0 Å². The van der Waals surface area contributed by atoms with Crippen molar-refractivity contribution in [2.75, 3.05) is 0 Å². The SMILES string of the molecule is O=C(C=Cc1ccc(S(=O)(=O)NCc2ccco2)cc1)OCc1ccc(F)c2cccnc12. The average molecular weight is 466 g/mol. The molecule has 33 heavy (non-hydrogen) atoms. The van der Waals surface area contributed by atoms with Crippen molar-refractivity contribution in [3.8, 4) is 0 Å². The lowest BCUT2D eigenvalue weighted by Crippen LogP contribution is -2.22. The van der Waals surface area contributed by atoms with Gasteiger partial charge in [0.2, 0.25) is 10.0 Å². The lowest BCUT2D eigenvalue weighted by atomic mass is 10.1. The largest absolute Gasteiger partial charge is 0.468 e. The molecule has 4 aromatic rings. The standard InChI is InChI=1S/C24H19FN2O5S/c25-22-11-8-18(24-21(22)4-1-13-26-24)16-32-23(28)12-7-17-5-9-20(10-6-17)33(29,30)27-15-19-3-2-14-31-19/h1-14,27H,15-16H2. The lowest BCUT2D eigenvalue weighted by Gasteiger charge is -2.07. The third-order valence-corrected chi connectivity index (χ3v) is 6.21. The summed E-state index contributed by atoms with van der Waals surface area (Å²) in [5.41, 5.74) is 1.64. The summed E-state index contributed by atoms with van der Waals surface area (Å²) in [6, 6.07) is 15.4. The molecule has 168 valence electrons. The monoisotopic (exact) mass is 466 g/mol. The van der Waals surface area contributed by atoms with Gasteiger partial charge in [0.05, 0.1) is 23.2 Å². The first-order chi connectivity index (χ1) is 15.9. The van der Waals surface area contributed by atoms with E-state index < -0.39 is 21.8 Å². The van der Waals surface area contributed by atoms with Gasteiger partial charge in [-0.1, -0.05) is 18.2 Å². The third-order valence-electron chi connectivity index (χ3n) is 4.79. The Bertz CT molecular complexity index is 1400. The maximum atomic E-state index is 13.9. The van der Waals surface area contributed by atoms with E-state index in [1.165, 1.54) is 42.7 Å². The molecule has 0 aliphatic carbocycles. The number of nitrogens with zero attached hydrogens (tertiary/aromatic N) is 1. The van der Waals surface area contributed by atoms with Gasteiger partial charge < -0.3 is 9.15 Å². The Hall–Kier alpha value is -3.82. The number of rotatable bonds is 8. The first kappa shape index (κ1) is 22.4. The number of ether oxygens (including phenoxy) is 1. The molecular formula is C24H19FN2O5S. The summed E-state index contributed by atoms with van der Waals surface area (Å²) in [6.45, 7) is -0.0167. The van der Waals surface area contributed by atoms with Crippen LogP contribution in [0.1, 0.15) is 16.9 Å². The Morgan fingerprint density at radius 2 is 1.91 bits per heavy atom. The Kier molecular flexibility index (Phi) is 6.62. The number of carbonyl (C=O) groups is 1. The molecule has 4 rings (SSSR count). The molecule has 0 saturated heterocycles. The van der Waals surface area contributed by atoms with E-state index in [2.05, 4.69) is 9.71 Å². The van der Waals surface area contributed by atoms with Crippen molar-refractivity contribution >= 4 is 33.0 Å². The van der Waals surface area contributed by atoms with Crippen molar-refractivity contribution in [3.05, 3.63) is 102 Å². The first-order valence-corrected chi connectivity index (χ1v) is 11.4. The summed E-state index contributed by atoms with van der Waals surface area (Å²) in [7, 11) is -3.70. The summed E-state index contributed by atoms with van der Waals surface area (Å²) in [4.78, 5) is 16.3. The third kappa shape index (κ3) is 5.51. The van der Waals surface area contributed by atoms with Crippen molar-refractivity contribution in [2.45, 2.75) is 18.0 Å². The van der Waals surface area contributed by atoms with Crippen LogP contribution in [-0.2, 0) is 32.7 Å². The number of carbonyl (C=O) groups excluding carboxylic acids is 1. The van der Waals surface area contributed by atoms with Crippen molar-refractivity contribution < 1.29 is 26.8 Å². The maximum Gasteiger partial charge on any atom is 0.331 e. The summed E-state index contributed by atoms with van der Waals surface area (Å²) in [5, 5.41) is 0.357. The van der Waals surface area contributed by atoms with Gasteiger partial charge in [-0.2, -0.15) is 0 Å². The topological polar surface area (TPSA) is 98.5 Å². The van der Waals surface area contributed by atoms with E-state index in [9.17, 15) is 17.6 Å². The highest BCUT2D eigenvalue weighted by molar-refractivity contribution is 7.89. The van der Waals surface area contributed by atoms with Crippen LogP contribution >= 0.6 is 0 Å². The van der Waals surface area contributed by atoms with Crippen LogP contribution in [0.3, 0.4) is 0 Å². The van der Waals surface area contributed by atoms with Crippen LogP contribution in [0.5, 0.6) is 0 Å². The number of nitrogens with one attached hydrogen (secondary N) is 1. The van der Waals surface area contributed by atoms with Crippen LogP contribution in [0.4, 0.5) is 4.39 Å². The molecule has 0 saturated carbocycles. The predicted octanol–water partition coefficient (Wildman–Crippen LogP) is 4.20. The number of benzene rings is 2. The second-order valence-corrected chi connectivity index (χ2v) is 8.79. The molecule has 9 heteroatoms. The predicted molar refractivity (Wildman–Crippen MR) is 120 cm³/mol. The molecule has 0 amide bonds. The highest BCUT2D eigenvalue weighted by Crippen LogP contribution is 2.20. The van der Waals surface area contributed by atoms with E-state index >= 15 is 0 Å². The fraction of sp³-hybridized carbons (Fsp3) is 0.0833. The molecule has 0 atom stereocenters. The second kappa shape index (κ2) is 9.76. The molecule has 0 unspecified atom stereocenters. The molecule has 7 nitrogen and oxygen atoms in total. The highest BCUT2D eigenvalue weighted by Gasteiger charge is 2.14. The maximum absolute atomic E-state index is 13.9. The number of hydrogen-bond donors (Lipinski definition) is 1. The smallest absolute Gasteiger partial charge is 0.331 e. The number of aromatic nitrogens is 1. The van der Waals surface area contributed by atoms with Gasteiger partial charge in [0.1, 0.15) is 18.2 Å². The van der Waals surface area contributed by atoms with E-state index in [0.717, 1.165) is 0 Å². The van der Waals surface area contributed by atoms with Crippen molar-refractivity contribution in [3.63, 3.8) is 0 Å². The van der Waals surface area contributed by atoms with E-state index in [0.29, 0.717) is 27.8 Å². The van der Waals surface area contributed by atoms with Crippen molar-refractivity contribution in [2.24, 2.45) is 0 Å². The quantitative estimate of drug-likeness (QED) is 0.309. The number of pyridine rings is 1. The Balaban J connectivity index is 1.35. The van der Waals surface area contributed by atoms with Gasteiger partial charge in [-0.15, -0.1) is 0 Å². The minimum absolute atomic E-state index is 0.0433. The molecule has 2 aromatic heterocycles. The molecular weight excluding hydrogens is 447 g/mol. The number of hydrogen-bond acceptors (Lipinski definition) is 6. The summed E-state index contributed by atoms with van der Waals surface area (Å²) >= 11 is 0. The zero-order valence-corrected chi connectivity index (χ0v) is 18.1. The van der Waals surface area contributed by atoms with Crippen LogP contribution in [0.15, 0.2) is 88.5 Å². The number of esters is 1. The molecule has 0 fully saturated rings. The average Bonchev–Trinajstić information content (AvgIpc) is 3.35. The fourth-order valence-corrected chi connectivity index (χ4v) is 4.09. The van der Waals surface area contributed by atoms with Crippen LogP contribution in [0.25, 0.3) is 17.0 Å². The van der Waals surface area contributed by atoms with Crippen LogP contribution in [-0.4, -0.2) is 19.4 Å². The molecule has 0 spiro atoms. The van der Waals surface area contributed by atoms with Gasteiger partial charge in [0.25, 0.3) is 0 Å². The van der Waals surface area contributed by atoms with Gasteiger partial charge >= 0.3 is 5.97 Å². The number of fused-ring (bicyclic) bond motifs is 1. The molecule has 2 heterocycles. The molecule has 2 aromatic carbocycles. The van der Waals surface area contributed by atoms with E-state index in [-0.39, 0.29) is 18.0 Å². The van der Waals surface area contributed by atoms with Crippen molar-refractivity contribution in [1.82, 2.24) is 9.71 Å². The second-order valence-electron chi connectivity index (χ2n) is 7.02. The lowest BCUT2D eigenvalue weighted by molar-refractivity contribution is -0.138. The first-order valence-electron chi connectivity index (χ1n) is 9.91. The van der Waals surface area contributed by atoms with Crippen LogP contribution < -0.4 is 4.72 Å². The van der Waals surface area contributed by atoms with Crippen molar-refractivity contribution in [1.29, 1.82) is 0 Å². The summed E-state index contributed by atoms with van der Waals surface area (Å²) in [6.07, 6.45) is 5.76. The van der Waals surface area contributed by atoms with E-state index in [4.69, 9.17) is 9.15 Å². The fourth-order valence-electron chi connectivity index (χ4n) is 3.09. The zero-order chi connectivity index (χ0) is 23.3. The minimum atomic E-state index is -3.70. The summed E-state index contributed by atoms with van der Waals surface area (Å²) < 4.78 is 51.4. The number of furan rings is 1. The molecule has 0 aliphatic heterocycles. The number of halogens is 1. The minimum Gasteiger partial charge on any atom is -0.468 e.